The molecule has 0 bridgehead atoms. The van der Waals surface area contributed by atoms with Gasteiger partial charge in [0.1, 0.15) is 11.9 Å². The molecular formula is C29H37F4N3O4S. The molecular weight excluding hydrogens is 562 g/mol. The standard InChI is InChI=1S/C29H37F4N3O4S/c1-3-26(28(38)34-24-10-5-4-6-11-24)35(20-21-14-16-23(30)17-15-21)27(37)13-8-18-36(41(2,39)40)25-12-7-9-22(19-25)29(31,32)33/h7,9,12,14-17,19,24,26H,3-6,8,10-11,13,18,20H2,1-2H3,(H,34,38)/t26-/m1/s1. The molecule has 41 heavy (non-hydrogen) atoms. The molecule has 0 aromatic heterocycles. The van der Waals surface area contributed by atoms with Gasteiger partial charge in [-0.3, -0.25) is 13.9 Å². The fourth-order valence-corrected chi connectivity index (χ4v) is 6.05. The van der Waals surface area contributed by atoms with E-state index < -0.39 is 39.5 Å². The summed E-state index contributed by atoms with van der Waals surface area (Å²) in [5, 5.41) is 3.06. The number of hydrogen-bond acceptors (Lipinski definition) is 4. The molecule has 0 aliphatic heterocycles. The van der Waals surface area contributed by atoms with Gasteiger partial charge in [0.05, 0.1) is 17.5 Å². The molecule has 0 radical (unpaired) electrons. The maximum absolute atomic E-state index is 13.5. The van der Waals surface area contributed by atoms with Crippen molar-refractivity contribution in [3.63, 3.8) is 0 Å². The van der Waals surface area contributed by atoms with Crippen molar-refractivity contribution < 1.29 is 35.6 Å². The van der Waals surface area contributed by atoms with Crippen LogP contribution in [0.15, 0.2) is 48.5 Å². The van der Waals surface area contributed by atoms with Gasteiger partial charge in [-0.1, -0.05) is 44.4 Å². The van der Waals surface area contributed by atoms with E-state index in [2.05, 4.69) is 5.32 Å². The van der Waals surface area contributed by atoms with Crippen molar-refractivity contribution >= 4 is 27.5 Å². The van der Waals surface area contributed by atoms with Crippen LogP contribution >= 0.6 is 0 Å². The normalized spacial score (nSPS) is 15.3. The molecule has 0 spiro atoms. The van der Waals surface area contributed by atoms with Gasteiger partial charge in [-0.15, -0.1) is 0 Å². The molecule has 1 aliphatic carbocycles. The number of anilines is 1. The van der Waals surface area contributed by atoms with Crippen LogP contribution in [0.3, 0.4) is 0 Å². The van der Waals surface area contributed by atoms with E-state index in [1.807, 2.05) is 0 Å². The van der Waals surface area contributed by atoms with E-state index in [-0.39, 0.29) is 43.6 Å². The number of hydrogen-bond donors (Lipinski definition) is 1. The lowest BCUT2D eigenvalue weighted by Crippen LogP contribution is -2.51. The number of sulfonamides is 1. The number of halogens is 4. The summed E-state index contributed by atoms with van der Waals surface area (Å²) in [4.78, 5) is 28.2. The zero-order valence-electron chi connectivity index (χ0n) is 23.3. The second-order valence-corrected chi connectivity index (χ2v) is 12.3. The van der Waals surface area contributed by atoms with Crippen molar-refractivity contribution in [2.75, 3.05) is 17.1 Å². The highest BCUT2D eigenvalue weighted by Gasteiger charge is 2.32. The predicted octanol–water partition coefficient (Wildman–Crippen LogP) is 5.65. The van der Waals surface area contributed by atoms with Gasteiger partial charge < -0.3 is 10.2 Å². The Bertz CT molecular complexity index is 1280. The van der Waals surface area contributed by atoms with E-state index in [4.69, 9.17) is 0 Å². The highest BCUT2D eigenvalue weighted by atomic mass is 32.2. The van der Waals surface area contributed by atoms with Gasteiger partial charge in [-0.05, 0) is 61.6 Å². The molecule has 1 saturated carbocycles. The maximum Gasteiger partial charge on any atom is 0.416 e. The average Bonchev–Trinajstić information content (AvgIpc) is 2.91. The van der Waals surface area contributed by atoms with Gasteiger partial charge in [0.25, 0.3) is 0 Å². The number of alkyl halides is 3. The summed E-state index contributed by atoms with van der Waals surface area (Å²) >= 11 is 0. The third-order valence-corrected chi connectivity index (χ3v) is 8.41. The molecule has 1 atom stereocenters. The summed E-state index contributed by atoms with van der Waals surface area (Å²) in [6.07, 6.45) is 1.29. The van der Waals surface area contributed by atoms with Crippen LogP contribution in [0.2, 0.25) is 0 Å². The van der Waals surface area contributed by atoms with E-state index in [0.29, 0.717) is 12.0 Å². The Labute approximate surface area is 239 Å². The lowest BCUT2D eigenvalue weighted by molar-refractivity contribution is -0.141. The maximum atomic E-state index is 13.5. The molecule has 2 aromatic rings. The summed E-state index contributed by atoms with van der Waals surface area (Å²) in [5.74, 6) is -1.14. The van der Waals surface area contributed by atoms with E-state index >= 15 is 0 Å². The average molecular weight is 600 g/mol. The van der Waals surface area contributed by atoms with Gasteiger partial charge in [-0.2, -0.15) is 13.2 Å². The van der Waals surface area contributed by atoms with Gasteiger partial charge in [0.2, 0.25) is 21.8 Å². The highest BCUT2D eigenvalue weighted by molar-refractivity contribution is 7.92. The van der Waals surface area contributed by atoms with Crippen LogP contribution < -0.4 is 9.62 Å². The first-order valence-corrected chi connectivity index (χ1v) is 15.6. The Morgan fingerprint density at radius 1 is 1.05 bits per heavy atom. The van der Waals surface area contributed by atoms with Gasteiger partial charge in [-0.25, -0.2) is 12.8 Å². The summed E-state index contributed by atoms with van der Waals surface area (Å²) in [5.41, 5.74) is -0.526. The number of carbonyl (C=O) groups excluding carboxylic acids is 2. The number of carbonyl (C=O) groups is 2. The lowest BCUT2D eigenvalue weighted by atomic mass is 9.95. The number of nitrogens with one attached hydrogen (secondary N) is 1. The summed E-state index contributed by atoms with van der Waals surface area (Å²) in [6.45, 7) is 1.59. The van der Waals surface area contributed by atoms with E-state index in [1.165, 1.54) is 35.2 Å². The fourth-order valence-electron chi connectivity index (χ4n) is 5.09. The lowest BCUT2D eigenvalue weighted by Gasteiger charge is -2.33. The minimum absolute atomic E-state index is 0.00272. The van der Waals surface area contributed by atoms with Crippen LogP contribution in [-0.2, 0) is 32.3 Å². The summed E-state index contributed by atoms with van der Waals surface area (Å²) in [7, 11) is -3.96. The van der Waals surface area contributed by atoms with Crippen LogP contribution in [0.1, 0.15) is 69.4 Å². The number of benzene rings is 2. The third-order valence-electron chi connectivity index (χ3n) is 7.22. The molecule has 0 saturated heterocycles. The molecule has 1 aliphatic rings. The monoisotopic (exact) mass is 599 g/mol. The van der Waals surface area contributed by atoms with Crippen LogP contribution in [0.4, 0.5) is 23.2 Å². The number of nitrogens with zero attached hydrogens (tertiary/aromatic N) is 2. The predicted molar refractivity (Wildman–Crippen MR) is 149 cm³/mol. The first-order valence-electron chi connectivity index (χ1n) is 13.8. The molecule has 2 aromatic carbocycles. The molecule has 0 heterocycles. The van der Waals surface area contributed by atoms with Crippen LogP contribution in [-0.4, -0.2) is 50.0 Å². The van der Waals surface area contributed by atoms with Crippen LogP contribution in [0.5, 0.6) is 0 Å². The van der Waals surface area contributed by atoms with Crippen molar-refractivity contribution in [2.45, 2.75) is 83.1 Å². The van der Waals surface area contributed by atoms with Gasteiger partial charge in [0, 0.05) is 25.6 Å². The Balaban J connectivity index is 1.77. The Morgan fingerprint density at radius 2 is 1.71 bits per heavy atom. The Morgan fingerprint density at radius 3 is 2.29 bits per heavy atom. The smallest absolute Gasteiger partial charge is 0.352 e. The number of rotatable bonds is 12. The van der Waals surface area contributed by atoms with Gasteiger partial charge >= 0.3 is 6.18 Å². The Kier molecular flexibility index (Phi) is 11.2. The molecule has 3 rings (SSSR count). The first-order chi connectivity index (χ1) is 19.3. The summed E-state index contributed by atoms with van der Waals surface area (Å²) < 4.78 is 79.0. The number of amides is 2. The first kappa shape index (κ1) is 32.4. The molecule has 2 amide bonds. The van der Waals surface area contributed by atoms with Crippen molar-refractivity contribution in [1.29, 1.82) is 0 Å². The van der Waals surface area contributed by atoms with Crippen LogP contribution in [0.25, 0.3) is 0 Å². The summed E-state index contributed by atoms with van der Waals surface area (Å²) in [6, 6.07) is 8.81. The minimum Gasteiger partial charge on any atom is -0.352 e. The largest absolute Gasteiger partial charge is 0.416 e. The molecule has 12 heteroatoms. The van der Waals surface area contributed by atoms with E-state index in [0.717, 1.165) is 60.9 Å². The molecule has 1 fully saturated rings. The SMILES string of the molecule is CC[C@H](C(=O)NC1CCCCC1)N(Cc1ccc(F)cc1)C(=O)CCCN(c1cccc(C(F)(F)F)c1)S(C)(=O)=O. The van der Waals surface area contributed by atoms with E-state index in [9.17, 15) is 35.6 Å². The van der Waals surface area contributed by atoms with E-state index in [1.54, 1.807) is 6.92 Å². The molecule has 7 nitrogen and oxygen atoms in total. The molecule has 0 unspecified atom stereocenters. The second kappa shape index (κ2) is 14.2. The van der Waals surface area contributed by atoms with Crippen molar-refractivity contribution in [3.8, 4) is 0 Å². The molecule has 1 N–H and O–H groups in total. The minimum atomic E-state index is -4.65. The topological polar surface area (TPSA) is 86.8 Å². The van der Waals surface area contributed by atoms with Crippen LogP contribution in [0, 0.1) is 5.82 Å². The van der Waals surface area contributed by atoms with Crippen molar-refractivity contribution in [3.05, 3.63) is 65.5 Å². The Hall–Kier alpha value is -3.15. The van der Waals surface area contributed by atoms with Crippen molar-refractivity contribution in [2.24, 2.45) is 0 Å². The molecule has 226 valence electrons. The quantitative estimate of drug-likeness (QED) is 0.320. The third kappa shape index (κ3) is 9.44. The van der Waals surface area contributed by atoms with Gasteiger partial charge in [0.15, 0.2) is 0 Å². The zero-order valence-corrected chi connectivity index (χ0v) is 24.1. The van der Waals surface area contributed by atoms with Crippen molar-refractivity contribution in [1.82, 2.24) is 10.2 Å². The second-order valence-electron chi connectivity index (χ2n) is 10.4. The zero-order chi connectivity index (χ0) is 30.2. The highest BCUT2D eigenvalue weighted by Crippen LogP contribution is 2.32. The fraction of sp³-hybridized carbons (Fsp3) is 0.517.